The summed E-state index contributed by atoms with van der Waals surface area (Å²) in [4.78, 5) is 12.4. The minimum atomic E-state index is -0.350. The van der Waals surface area contributed by atoms with Crippen LogP contribution < -0.4 is 10.4 Å². The predicted molar refractivity (Wildman–Crippen MR) is 104 cm³/mol. The summed E-state index contributed by atoms with van der Waals surface area (Å²) >= 11 is 5.17. The molecule has 0 heterocycles. The fourth-order valence-electron chi connectivity index (χ4n) is 2.75. The Bertz CT molecular complexity index is 949. The number of aryl methyl sites for hydroxylation is 2. The summed E-state index contributed by atoms with van der Waals surface area (Å²) in [5.41, 5.74) is 2.98. The molecule has 0 saturated heterocycles. The molecule has 0 aromatic heterocycles. The monoisotopic (exact) mass is 350 g/mol. The maximum atomic E-state index is 12.4. The molecule has 2 N–H and O–H groups in total. The second-order valence-corrected chi connectivity index (χ2v) is 6.37. The molecular weight excluding hydrogens is 332 g/mol. The third-order valence-electron chi connectivity index (χ3n) is 3.87. The molecule has 1 amide bonds. The number of carbonyl (C=O) groups excluding carboxylic acids is 1. The van der Waals surface area contributed by atoms with Crippen LogP contribution in [0, 0.1) is 13.8 Å². The molecule has 0 spiro atoms. The lowest BCUT2D eigenvalue weighted by molar-refractivity contribution is 0.0974. The molecule has 0 fully saturated rings. The van der Waals surface area contributed by atoms with E-state index in [0.717, 1.165) is 27.0 Å². The smallest absolute Gasteiger partial charge is 0.257 e. The van der Waals surface area contributed by atoms with E-state index in [1.165, 1.54) is 0 Å². The molecule has 0 aliphatic carbocycles. The topological polar surface area (TPSA) is 52.6 Å². The Morgan fingerprint density at radius 2 is 1.60 bits per heavy atom. The fourth-order valence-corrected chi connectivity index (χ4v) is 2.95. The standard InChI is InChI=1S/C20H18N2O2S/c1-13-9-14(2)11-17(10-13)19(23)21-20(25)22(24)18-8-7-15-5-3-4-6-16(15)12-18/h3-12,24H,1-2H3,(H,21,23,25). The van der Waals surface area contributed by atoms with Crippen molar-refractivity contribution >= 4 is 39.7 Å². The Labute approximate surface area is 151 Å². The van der Waals surface area contributed by atoms with E-state index in [1.54, 1.807) is 18.2 Å². The summed E-state index contributed by atoms with van der Waals surface area (Å²) < 4.78 is 0. The van der Waals surface area contributed by atoms with Gasteiger partial charge >= 0.3 is 0 Å². The number of carbonyl (C=O) groups is 1. The summed E-state index contributed by atoms with van der Waals surface area (Å²) in [5.74, 6) is -0.350. The minimum Gasteiger partial charge on any atom is -0.297 e. The number of rotatable bonds is 2. The number of nitrogens with zero attached hydrogens (tertiary/aromatic N) is 1. The summed E-state index contributed by atoms with van der Waals surface area (Å²) in [6.07, 6.45) is 0. The molecule has 0 aliphatic rings. The zero-order valence-electron chi connectivity index (χ0n) is 14.0. The summed E-state index contributed by atoms with van der Waals surface area (Å²) in [7, 11) is 0. The normalized spacial score (nSPS) is 10.5. The van der Waals surface area contributed by atoms with Crippen LogP contribution in [0.2, 0.25) is 0 Å². The van der Waals surface area contributed by atoms with Crippen LogP contribution in [-0.2, 0) is 0 Å². The van der Waals surface area contributed by atoms with E-state index in [1.807, 2.05) is 56.3 Å². The first-order valence-electron chi connectivity index (χ1n) is 7.85. The van der Waals surface area contributed by atoms with Crippen LogP contribution in [0.4, 0.5) is 5.69 Å². The largest absolute Gasteiger partial charge is 0.297 e. The van der Waals surface area contributed by atoms with Crippen molar-refractivity contribution in [2.75, 3.05) is 5.06 Å². The molecule has 3 aromatic rings. The Morgan fingerprint density at radius 1 is 0.960 bits per heavy atom. The van der Waals surface area contributed by atoms with Gasteiger partial charge in [-0.05, 0) is 61.1 Å². The first-order valence-corrected chi connectivity index (χ1v) is 8.26. The Morgan fingerprint density at radius 3 is 2.28 bits per heavy atom. The molecule has 126 valence electrons. The number of thiocarbonyl (C=S) groups is 1. The third-order valence-corrected chi connectivity index (χ3v) is 4.15. The average Bonchev–Trinajstić information content (AvgIpc) is 2.59. The van der Waals surface area contributed by atoms with Crippen LogP contribution in [0.3, 0.4) is 0 Å². The second kappa shape index (κ2) is 7.01. The molecule has 0 atom stereocenters. The zero-order valence-corrected chi connectivity index (χ0v) is 14.8. The molecule has 0 saturated carbocycles. The van der Waals surface area contributed by atoms with Gasteiger partial charge in [0.2, 0.25) is 5.11 Å². The molecule has 0 bridgehead atoms. The first kappa shape index (κ1) is 17.1. The zero-order chi connectivity index (χ0) is 18.0. The predicted octanol–water partition coefficient (Wildman–Crippen LogP) is 4.37. The van der Waals surface area contributed by atoms with Crippen molar-refractivity contribution in [3.8, 4) is 0 Å². The Balaban J connectivity index is 1.78. The highest BCUT2D eigenvalue weighted by Gasteiger charge is 2.15. The lowest BCUT2D eigenvalue weighted by Gasteiger charge is -2.19. The summed E-state index contributed by atoms with van der Waals surface area (Å²) in [5, 5.41) is 15.7. The van der Waals surface area contributed by atoms with Crippen LogP contribution in [0.25, 0.3) is 10.8 Å². The minimum absolute atomic E-state index is 0.0700. The maximum absolute atomic E-state index is 12.4. The number of fused-ring (bicyclic) bond motifs is 1. The molecule has 4 nitrogen and oxygen atoms in total. The fraction of sp³-hybridized carbons (Fsp3) is 0.100. The molecular formula is C20H18N2O2S. The lowest BCUT2D eigenvalue weighted by Crippen LogP contribution is -2.41. The van der Waals surface area contributed by atoms with E-state index in [0.29, 0.717) is 11.3 Å². The van der Waals surface area contributed by atoms with Crippen molar-refractivity contribution < 1.29 is 10.0 Å². The maximum Gasteiger partial charge on any atom is 0.257 e. The number of benzene rings is 3. The second-order valence-electron chi connectivity index (χ2n) is 5.98. The first-order chi connectivity index (χ1) is 11.9. The van der Waals surface area contributed by atoms with Gasteiger partial charge in [0.25, 0.3) is 5.91 Å². The molecule has 5 heteroatoms. The number of nitrogens with one attached hydrogen (secondary N) is 1. The van der Waals surface area contributed by atoms with Crippen molar-refractivity contribution in [3.05, 3.63) is 77.4 Å². The highest BCUT2D eigenvalue weighted by molar-refractivity contribution is 7.80. The molecule has 0 unspecified atom stereocenters. The van der Waals surface area contributed by atoms with Crippen LogP contribution >= 0.6 is 12.2 Å². The van der Waals surface area contributed by atoms with Gasteiger partial charge < -0.3 is 0 Å². The van der Waals surface area contributed by atoms with Crippen molar-refractivity contribution in [2.45, 2.75) is 13.8 Å². The van der Waals surface area contributed by atoms with E-state index in [2.05, 4.69) is 5.32 Å². The third kappa shape index (κ3) is 3.84. The van der Waals surface area contributed by atoms with Gasteiger partial charge in [0.05, 0.1) is 5.69 Å². The van der Waals surface area contributed by atoms with E-state index in [4.69, 9.17) is 12.2 Å². The van der Waals surface area contributed by atoms with Crippen molar-refractivity contribution in [3.63, 3.8) is 0 Å². The van der Waals surface area contributed by atoms with Gasteiger partial charge in [-0.1, -0.05) is 47.5 Å². The molecule has 0 aliphatic heterocycles. The number of hydroxylamine groups is 1. The number of amides is 1. The lowest BCUT2D eigenvalue weighted by atomic mass is 10.1. The van der Waals surface area contributed by atoms with Gasteiger partial charge in [0.1, 0.15) is 0 Å². The Kier molecular flexibility index (Phi) is 4.79. The SMILES string of the molecule is Cc1cc(C)cc(C(=O)NC(=S)N(O)c2ccc3ccccc3c2)c1. The van der Waals surface area contributed by atoms with Gasteiger partial charge in [-0.15, -0.1) is 0 Å². The summed E-state index contributed by atoms with van der Waals surface area (Å²) in [6.45, 7) is 3.85. The van der Waals surface area contributed by atoms with Gasteiger partial charge in [-0.2, -0.15) is 5.06 Å². The van der Waals surface area contributed by atoms with E-state index in [-0.39, 0.29) is 11.0 Å². The number of hydrogen-bond acceptors (Lipinski definition) is 3. The van der Waals surface area contributed by atoms with Gasteiger partial charge in [0.15, 0.2) is 0 Å². The highest BCUT2D eigenvalue weighted by atomic mass is 32.1. The van der Waals surface area contributed by atoms with Gasteiger partial charge in [0, 0.05) is 5.56 Å². The van der Waals surface area contributed by atoms with E-state index >= 15 is 0 Å². The van der Waals surface area contributed by atoms with Crippen molar-refractivity contribution in [1.82, 2.24) is 5.32 Å². The molecule has 25 heavy (non-hydrogen) atoms. The average molecular weight is 350 g/mol. The van der Waals surface area contributed by atoms with Gasteiger partial charge in [-0.25, -0.2) is 0 Å². The van der Waals surface area contributed by atoms with Crippen molar-refractivity contribution in [1.29, 1.82) is 0 Å². The van der Waals surface area contributed by atoms with Crippen LogP contribution in [0.15, 0.2) is 60.7 Å². The van der Waals surface area contributed by atoms with E-state index in [9.17, 15) is 10.0 Å². The molecule has 0 radical (unpaired) electrons. The quantitative estimate of drug-likeness (QED) is 0.532. The molecule has 3 aromatic carbocycles. The number of hydrogen-bond donors (Lipinski definition) is 2. The Hall–Kier alpha value is -2.76. The highest BCUT2D eigenvalue weighted by Crippen LogP contribution is 2.21. The van der Waals surface area contributed by atoms with E-state index < -0.39 is 0 Å². The molecule has 3 rings (SSSR count). The number of anilines is 1. The van der Waals surface area contributed by atoms with Crippen LogP contribution in [0.5, 0.6) is 0 Å². The van der Waals surface area contributed by atoms with Crippen molar-refractivity contribution in [2.24, 2.45) is 0 Å². The van der Waals surface area contributed by atoms with Crippen LogP contribution in [-0.4, -0.2) is 16.2 Å². The van der Waals surface area contributed by atoms with Gasteiger partial charge in [-0.3, -0.25) is 15.3 Å². The summed E-state index contributed by atoms with van der Waals surface area (Å²) in [6, 6.07) is 18.8. The van der Waals surface area contributed by atoms with Crippen LogP contribution in [0.1, 0.15) is 21.5 Å².